The van der Waals surface area contributed by atoms with Gasteiger partial charge in [0.15, 0.2) is 5.96 Å². The van der Waals surface area contributed by atoms with E-state index >= 15 is 0 Å². The van der Waals surface area contributed by atoms with Crippen molar-refractivity contribution in [2.24, 2.45) is 4.99 Å². The molecule has 0 atom stereocenters. The molecule has 2 aromatic rings. The molecule has 0 bridgehead atoms. The smallest absolute Gasteiger partial charge is 0.191 e. The molecule has 0 unspecified atom stereocenters. The minimum absolute atomic E-state index is 0. The first-order chi connectivity index (χ1) is 13.6. The van der Waals surface area contributed by atoms with Gasteiger partial charge < -0.3 is 25.2 Å². The Morgan fingerprint density at radius 1 is 1.07 bits per heavy atom. The Labute approximate surface area is 190 Å². The van der Waals surface area contributed by atoms with Gasteiger partial charge in [0, 0.05) is 38.8 Å². The number of phenolic OH excluding ortho intramolecular Hbond substituents is 1. The highest BCUT2D eigenvalue weighted by Gasteiger charge is 2.06. The van der Waals surface area contributed by atoms with Gasteiger partial charge in [-0.05, 0) is 43.2 Å². The second kappa shape index (κ2) is 14.1. The molecule has 0 aromatic heterocycles. The van der Waals surface area contributed by atoms with E-state index in [1.165, 1.54) is 5.56 Å². The van der Waals surface area contributed by atoms with E-state index in [9.17, 15) is 5.11 Å². The van der Waals surface area contributed by atoms with Crippen molar-refractivity contribution in [3.63, 3.8) is 0 Å². The van der Waals surface area contributed by atoms with Crippen molar-refractivity contribution in [2.75, 3.05) is 26.9 Å². The molecule has 0 aliphatic heterocycles. The zero-order valence-electron chi connectivity index (χ0n) is 17.4. The van der Waals surface area contributed by atoms with E-state index in [-0.39, 0.29) is 29.7 Å². The van der Waals surface area contributed by atoms with Crippen molar-refractivity contribution in [2.45, 2.75) is 33.4 Å². The number of methoxy groups -OCH3 is 1. The van der Waals surface area contributed by atoms with Crippen LogP contribution in [-0.4, -0.2) is 37.9 Å². The molecule has 29 heavy (non-hydrogen) atoms. The molecule has 160 valence electrons. The van der Waals surface area contributed by atoms with E-state index in [1.54, 1.807) is 19.2 Å². The summed E-state index contributed by atoms with van der Waals surface area (Å²) < 4.78 is 11.0. The third-order valence-corrected chi connectivity index (χ3v) is 4.12. The molecule has 0 fully saturated rings. The summed E-state index contributed by atoms with van der Waals surface area (Å²) in [4.78, 5) is 4.62. The van der Waals surface area contributed by atoms with Crippen LogP contribution in [0.2, 0.25) is 0 Å². The van der Waals surface area contributed by atoms with E-state index in [4.69, 9.17) is 9.47 Å². The molecule has 0 aliphatic rings. The molecule has 0 spiro atoms. The molecular weight excluding hydrogens is 481 g/mol. The second-order valence-corrected chi connectivity index (χ2v) is 6.52. The summed E-state index contributed by atoms with van der Waals surface area (Å²) in [5, 5.41) is 16.0. The van der Waals surface area contributed by atoms with E-state index in [2.05, 4.69) is 40.7 Å². The van der Waals surface area contributed by atoms with E-state index in [1.807, 2.05) is 19.1 Å². The average molecular weight is 513 g/mol. The predicted molar refractivity (Wildman–Crippen MR) is 128 cm³/mol. The fraction of sp³-hybridized carbons (Fsp3) is 0.409. The Morgan fingerprint density at radius 3 is 2.52 bits per heavy atom. The van der Waals surface area contributed by atoms with Gasteiger partial charge in [-0.2, -0.15) is 0 Å². The van der Waals surface area contributed by atoms with Gasteiger partial charge in [-0.1, -0.05) is 24.3 Å². The molecule has 6 nitrogen and oxygen atoms in total. The Kier molecular flexibility index (Phi) is 12.1. The Balaban J connectivity index is 0.00000420. The van der Waals surface area contributed by atoms with Gasteiger partial charge in [0.1, 0.15) is 11.5 Å². The molecule has 0 saturated heterocycles. The maximum Gasteiger partial charge on any atom is 0.191 e. The number of aryl methyl sites for hydroxylation is 1. The van der Waals surface area contributed by atoms with Crippen molar-refractivity contribution in [1.82, 2.24) is 10.6 Å². The van der Waals surface area contributed by atoms with Crippen molar-refractivity contribution >= 4 is 29.9 Å². The van der Waals surface area contributed by atoms with E-state index in [0.717, 1.165) is 35.8 Å². The lowest BCUT2D eigenvalue weighted by molar-refractivity contribution is 0.171. The van der Waals surface area contributed by atoms with Crippen molar-refractivity contribution in [1.29, 1.82) is 0 Å². The number of halogens is 1. The minimum atomic E-state index is 0. The highest BCUT2D eigenvalue weighted by molar-refractivity contribution is 14.0. The minimum Gasteiger partial charge on any atom is -0.508 e. The number of guanidine groups is 1. The number of hydrogen-bond acceptors (Lipinski definition) is 4. The number of phenols is 1. The molecule has 0 saturated carbocycles. The largest absolute Gasteiger partial charge is 0.508 e. The van der Waals surface area contributed by atoms with Gasteiger partial charge in [-0.15, -0.1) is 24.0 Å². The number of benzene rings is 2. The maximum atomic E-state index is 9.39. The van der Waals surface area contributed by atoms with Crippen LogP contribution < -0.4 is 15.4 Å². The third kappa shape index (κ3) is 9.36. The highest BCUT2D eigenvalue weighted by atomic mass is 127. The van der Waals surface area contributed by atoms with Gasteiger partial charge in [0.2, 0.25) is 0 Å². The zero-order chi connectivity index (χ0) is 20.2. The van der Waals surface area contributed by atoms with Crippen LogP contribution >= 0.6 is 24.0 Å². The van der Waals surface area contributed by atoms with Gasteiger partial charge in [0.25, 0.3) is 0 Å². The van der Waals surface area contributed by atoms with Crippen LogP contribution in [0.1, 0.15) is 30.0 Å². The standard InChI is InChI=1S/C22H31N3O3.HI/c1-4-23-22(24-15-18-7-10-20(26)11-8-18)25-16-19-9-6-17(2)14-21(19)28-13-5-12-27-3;/h6-11,14,26H,4-5,12-13,15-16H2,1-3H3,(H2,23,24,25);1H. The van der Waals surface area contributed by atoms with Gasteiger partial charge in [0.05, 0.1) is 13.2 Å². The summed E-state index contributed by atoms with van der Waals surface area (Å²) in [5.74, 6) is 1.88. The van der Waals surface area contributed by atoms with Crippen LogP contribution in [0.15, 0.2) is 47.5 Å². The highest BCUT2D eigenvalue weighted by Crippen LogP contribution is 2.20. The molecular formula is C22H32IN3O3. The lowest BCUT2D eigenvalue weighted by atomic mass is 10.1. The van der Waals surface area contributed by atoms with Gasteiger partial charge in [-0.25, -0.2) is 4.99 Å². The first-order valence-electron chi connectivity index (χ1n) is 9.63. The molecule has 0 amide bonds. The summed E-state index contributed by atoms with van der Waals surface area (Å²) >= 11 is 0. The molecule has 0 heterocycles. The topological polar surface area (TPSA) is 75.1 Å². The normalized spacial score (nSPS) is 10.9. The molecule has 0 radical (unpaired) electrons. The molecule has 2 rings (SSSR count). The number of aromatic hydroxyl groups is 1. The predicted octanol–water partition coefficient (Wildman–Crippen LogP) is 3.99. The summed E-state index contributed by atoms with van der Waals surface area (Å²) in [6.45, 7) is 7.32. The summed E-state index contributed by atoms with van der Waals surface area (Å²) in [5.41, 5.74) is 3.28. The third-order valence-electron chi connectivity index (χ3n) is 4.12. The summed E-state index contributed by atoms with van der Waals surface area (Å²) in [6, 6.07) is 13.3. The summed E-state index contributed by atoms with van der Waals surface area (Å²) in [6.07, 6.45) is 0.855. The number of ether oxygens (including phenoxy) is 2. The van der Waals surface area contributed by atoms with Crippen molar-refractivity contribution in [3.05, 3.63) is 59.2 Å². The van der Waals surface area contributed by atoms with Crippen molar-refractivity contribution in [3.8, 4) is 11.5 Å². The Hall–Kier alpha value is -2.00. The molecule has 3 N–H and O–H groups in total. The lowest BCUT2D eigenvalue weighted by Gasteiger charge is -2.15. The van der Waals surface area contributed by atoms with Crippen LogP contribution in [0.25, 0.3) is 0 Å². The first-order valence-corrected chi connectivity index (χ1v) is 9.63. The van der Waals surface area contributed by atoms with E-state index < -0.39 is 0 Å². The number of hydrogen-bond donors (Lipinski definition) is 3. The summed E-state index contributed by atoms with van der Waals surface area (Å²) in [7, 11) is 1.70. The SMILES string of the molecule is CCNC(=NCc1ccc(O)cc1)NCc1ccc(C)cc1OCCCOC.I. The van der Waals surface area contributed by atoms with Crippen molar-refractivity contribution < 1.29 is 14.6 Å². The number of nitrogens with zero attached hydrogens (tertiary/aromatic N) is 1. The van der Waals surface area contributed by atoms with Gasteiger partial charge >= 0.3 is 0 Å². The molecule has 2 aromatic carbocycles. The van der Waals surface area contributed by atoms with Crippen LogP contribution in [-0.2, 0) is 17.8 Å². The fourth-order valence-electron chi connectivity index (χ4n) is 2.62. The monoisotopic (exact) mass is 513 g/mol. The van der Waals surface area contributed by atoms with Crippen LogP contribution in [0.4, 0.5) is 0 Å². The first kappa shape index (κ1) is 25.0. The average Bonchev–Trinajstić information content (AvgIpc) is 2.69. The van der Waals surface area contributed by atoms with Crippen LogP contribution in [0.5, 0.6) is 11.5 Å². The number of nitrogens with one attached hydrogen (secondary N) is 2. The Bertz CT molecular complexity index is 751. The van der Waals surface area contributed by atoms with Crippen LogP contribution in [0, 0.1) is 6.92 Å². The van der Waals surface area contributed by atoms with E-state index in [0.29, 0.717) is 26.3 Å². The lowest BCUT2D eigenvalue weighted by Crippen LogP contribution is -2.36. The molecule has 0 aliphatic carbocycles. The van der Waals surface area contributed by atoms with Crippen LogP contribution in [0.3, 0.4) is 0 Å². The molecule has 7 heteroatoms. The number of aliphatic imine (C=N–C) groups is 1. The maximum absolute atomic E-state index is 9.39. The second-order valence-electron chi connectivity index (χ2n) is 6.52. The Morgan fingerprint density at radius 2 is 1.83 bits per heavy atom. The fourth-order valence-corrected chi connectivity index (χ4v) is 2.62. The van der Waals surface area contributed by atoms with Gasteiger partial charge in [-0.3, -0.25) is 0 Å². The quantitative estimate of drug-likeness (QED) is 0.194. The number of rotatable bonds is 10. The zero-order valence-corrected chi connectivity index (χ0v) is 19.7.